The second-order valence-corrected chi connectivity index (χ2v) is 9.70. The fourth-order valence-electron chi connectivity index (χ4n) is 3.70. The molecule has 0 N–H and O–H groups in total. The zero-order valence-electron chi connectivity index (χ0n) is 18.0. The van der Waals surface area contributed by atoms with Crippen LogP contribution in [-0.2, 0) is 16.8 Å². The summed E-state index contributed by atoms with van der Waals surface area (Å²) in [6.07, 6.45) is 5.25. The van der Waals surface area contributed by atoms with Gasteiger partial charge in [-0.25, -0.2) is 0 Å². The standard InChI is InChI=1S/C23H32N4OS/c1-6-14-27-21(18-10-12-19(13-11-18)23(3,4)5)24-25-22(27)29-16-20(28)26-15-8-7-9-17(26)2/h6,10-13,17H,1,7-9,14-16H2,2-5H3. The lowest BCUT2D eigenvalue weighted by atomic mass is 9.87. The molecule has 2 aromatic rings. The smallest absolute Gasteiger partial charge is 0.233 e. The third-order valence-electron chi connectivity index (χ3n) is 5.49. The van der Waals surface area contributed by atoms with Crippen LogP contribution in [0.3, 0.4) is 0 Å². The van der Waals surface area contributed by atoms with E-state index in [0.29, 0.717) is 18.3 Å². The average Bonchev–Trinajstić information content (AvgIpc) is 3.09. The highest BCUT2D eigenvalue weighted by molar-refractivity contribution is 7.99. The van der Waals surface area contributed by atoms with Crippen LogP contribution in [0.25, 0.3) is 11.4 Å². The van der Waals surface area contributed by atoms with Crippen LogP contribution in [0.15, 0.2) is 42.1 Å². The van der Waals surface area contributed by atoms with E-state index >= 15 is 0 Å². The minimum absolute atomic E-state index is 0.111. The Morgan fingerprint density at radius 2 is 1.97 bits per heavy atom. The molecular weight excluding hydrogens is 380 g/mol. The number of carbonyl (C=O) groups is 1. The van der Waals surface area contributed by atoms with Crippen molar-refractivity contribution in [2.24, 2.45) is 0 Å². The molecule has 1 aromatic carbocycles. The Labute approximate surface area is 178 Å². The number of piperidine rings is 1. The first-order chi connectivity index (χ1) is 13.8. The molecule has 1 unspecified atom stereocenters. The van der Waals surface area contributed by atoms with Gasteiger partial charge in [0.2, 0.25) is 5.91 Å². The lowest BCUT2D eigenvalue weighted by Crippen LogP contribution is -2.43. The van der Waals surface area contributed by atoms with Crippen LogP contribution in [0, 0.1) is 0 Å². The monoisotopic (exact) mass is 412 g/mol. The number of likely N-dealkylation sites (tertiary alicyclic amines) is 1. The van der Waals surface area contributed by atoms with E-state index in [0.717, 1.165) is 35.9 Å². The van der Waals surface area contributed by atoms with E-state index in [4.69, 9.17) is 0 Å². The molecule has 3 rings (SSSR count). The second kappa shape index (κ2) is 9.16. The molecule has 1 amide bonds. The maximum atomic E-state index is 12.7. The zero-order valence-corrected chi connectivity index (χ0v) is 18.8. The van der Waals surface area contributed by atoms with Crippen molar-refractivity contribution in [3.05, 3.63) is 42.5 Å². The average molecular weight is 413 g/mol. The van der Waals surface area contributed by atoms with Gasteiger partial charge in [0.1, 0.15) is 0 Å². The number of rotatable bonds is 6. The predicted octanol–water partition coefficient (Wildman–Crippen LogP) is 4.92. The van der Waals surface area contributed by atoms with Crippen LogP contribution in [0.4, 0.5) is 0 Å². The lowest BCUT2D eigenvalue weighted by Gasteiger charge is -2.33. The minimum Gasteiger partial charge on any atom is -0.339 e. The van der Waals surface area contributed by atoms with Crippen LogP contribution in [0.5, 0.6) is 0 Å². The van der Waals surface area contributed by atoms with Gasteiger partial charge in [0.05, 0.1) is 5.75 Å². The van der Waals surface area contributed by atoms with E-state index in [9.17, 15) is 4.79 Å². The van der Waals surface area contributed by atoms with Crippen molar-refractivity contribution in [3.8, 4) is 11.4 Å². The van der Waals surface area contributed by atoms with Gasteiger partial charge in [-0.3, -0.25) is 9.36 Å². The van der Waals surface area contributed by atoms with Crippen molar-refractivity contribution in [2.75, 3.05) is 12.3 Å². The van der Waals surface area contributed by atoms with Crippen LogP contribution in [0.1, 0.15) is 52.5 Å². The summed E-state index contributed by atoms with van der Waals surface area (Å²) in [7, 11) is 0. The normalized spacial score (nSPS) is 17.4. The largest absolute Gasteiger partial charge is 0.339 e. The highest BCUT2D eigenvalue weighted by Crippen LogP contribution is 2.28. The van der Waals surface area contributed by atoms with Crippen LogP contribution < -0.4 is 0 Å². The van der Waals surface area contributed by atoms with Gasteiger partial charge >= 0.3 is 0 Å². The van der Waals surface area contributed by atoms with Gasteiger partial charge in [0.15, 0.2) is 11.0 Å². The van der Waals surface area contributed by atoms with Crippen molar-refractivity contribution >= 4 is 17.7 Å². The molecule has 29 heavy (non-hydrogen) atoms. The van der Waals surface area contributed by atoms with Gasteiger partial charge in [-0.1, -0.05) is 62.9 Å². The number of amides is 1. The second-order valence-electron chi connectivity index (χ2n) is 8.75. The summed E-state index contributed by atoms with van der Waals surface area (Å²) < 4.78 is 2.04. The van der Waals surface area contributed by atoms with Crippen LogP contribution in [-0.4, -0.2) is 43.9 Å². The summed E-state index contributed by atoms with van der Waals surface area (Å²) in [4.78, 5) is 14.7. The van der Waals surface area contributed by atoms with Crippen LogP contribution in [0.2, 0.25) is 0 Å². The molecule has 1 fully saturated rings. The van der Waals surface area contributed by atoms with Crippen molar-refractivity contribution in [1.82, 2.24) is 19.7 Å². The minimum atomic E-state index is 0.111. The Hall–Kier alpha value is -2.08. The van der Waals surface area contributed by atoms with E-state index in [1.807, 2.05) is 15.5 Å². The Kier molecular flexibility index (Phi) is 6.83. The van der Waals surface area contributed by atoms with E-state index in [-0.39, 0.29) is 11.3 Å². The van der Waals surface area contributed by atoms with Crippen molar-refractivity contribution < 1.29 is 4.79 Å². The molecule has 2 heterocycles. The fourth-order valence-corrected chi connectivity index (χ4v) is 4.53. The Balaban J connectivity index is 1.76. The topological polar surface area (TPSA) is 51.0 Å². The number of thioether (sulfide) groups is 1. The van der Waals surface area contributed by atoms with Crippen LogP contribution >= 0.6 is 11.8 Å². The van der Waals surface area contributed by atoms with E-state index < -0.39 is 0 Å². The summed E-state index contributed by atoms with van der Waals surface area (Å²) in [6, 6.07) is 8.82. The predicted molar refractivity (Wildman–Crippen MR) is 120 cm³/mol. The van der Waals surface area contributed by atoms with Crippen molar-refractivity contribution in [1.29, 1.82) is 0 Å². The molecule has 6 heteroatoms. The molecule has 1 aromatic heterocycles. The number of hydrogen-bond donors (Lipinski definition) is 0. The van der Waals surface area contributed by atoms with Gasteiger partial charge in [0, 0.05) is 24.7 Å². The molecule has 0 spiro atoms. The molecule has 1 aliphatic rings. The van der Waals surface area contributed by atoms with Crippen molar-refractivity contribution in [3.63, 3.8) is 0 Å². The molecule has 0 saturated carbocycles. The SMILES string of the molecule is C=CCn1c(SCC(=O)N2CCCCC2C)nnc1-c1ccc(C(C)(C)C)cc1. The number of aromatic nitrogens is 3. The number of hydrogen-bond acceptors (Lipinski definition) is 4. The maximum Gasteiger partial charge on any atom is 0.233 e. The molecule has 0 bridgehead atoms. The van der Waals surface area contributed by atoms with E-state index in [2.05, 4.69) is 68.7 Å². The zero-order chi connectivity index (χ0) is 21.0. The molecule has 1 atom stereocenters. The van der Waals surface area contributed by atoms with Gasteiger partial charge in [-0.2, -0.15) is 0 Å². The molecule has 1 aliphatic heterocycles. The molecular formula is C23H32N4OS. The number of nitrogens with zero attached hydrogens (tertiary/aromatic N) is 4. The molecule has 1 saturated heterocycles. The third kappa shape index (κ3) is 5.10. The molecule has 0 radical (unpaired) electrons. The van der Waals surface area contributed by atoms with Gasteiger partial charge in [0.25, 0.3) is 0 Å². The first kappa shape index (κ1) is 21.6. The van der Waals surface area contributed by atoms with Gasteiger partial charge in [-0.05, 0) is 37.2 Å². The third-order valence-corrected chi connectivity index (χ3v) is 6.44. The molecule has 156 valence electrons. The quantitative estimate of drug-likeness (QED) is 0.499. The lowest BCUT2D eigenvalue weighted by molar-refractivity contribution is -0.131. The summed E-state index contributed by atoms with van der Waals surface area (Å²) >= 11 is 1.46. The summed E-state index contributed by atoms with van der Waals surface area (Å²) in [5.41, 5.74) is 2.42. The highest BCUT2D eigenvalue weighted by Gasteiger charge is 2.24. The maximum absolute atomic E-state index is 12.7. The first-order valence-corrected chi connectivity index (χ1v) is 11.4. The number of benzene rings is 1. The number of allylic oxidation sites excluding steroid dienone is 1. The number of carbonyl (C=O) groups excluding carboxylic acids is 1. The highest BCUT2D eigenvalue weighted by atomic mass is 32.2. The van der Waals surface area contributed by atoms with Gasteiger partial charge in [-0.15, -0.1) is 16.8 Å². The summed E-state index contributed by atoms with van der Waals surface area (Å²) in [6.45, 7) is 14.1. The molecule has 5 nitrogen and oxygen atoms in total. The Morgan fingerprint density at radius 1 is 1.24 bits per heavy atom. The van der Waals surface area contributed by atoms with Crippen molar-refractivity contribution in [2.45, 2.75) is 70.1 Å². The van der Waals surface area contributed by atoms with Gasteiger partial charge < -0.3 is 4.90 Å². The Bertz CT molecular complexity index is 851. The van der Waals surface area contributed by atoms with E-state index in [1.54, 1.807) is 0 Å². The fraction of sp³-hybridized carbons (Fsp3) is 0.522. The molecule has 0 aliphatic carbocycles. The first-order valence-electron chi connectivity index (χ1n) is 10.4. The van der Waals surface area contributed by atoms with E-state index in [1.165, 1.54) is 23.7 Å². The Morgan fingerprint density at radius 3 is 2.59 bits per heavy atom. The summed E-state index contributed by atoms with van der Waals surface area (Å²) in [5, 5.41) is 9.56. The summed E-state index contributed by atoms with van der Waals surface area (Å²) in [5.74, 6) is 1.39.